The first kappa shape index (κ1) is 28.9. The van der Waals surface area contributed by atoms with E-state index in [1.807, 2.05) is 18.2 Å². The number of nitrogens with zero attached hydrogens (tertiary/aromatic N) is 5. The molecule has 218 valence electrons. The van der Waals surface area contributed by atoms with Gasteiger partial charge in [0.15, 0.2) is 5.75 Å². The lowest BCUT2D eigenvalue weighted by Crippen LogP contribution is -2.33. The Hall–Kier alpha value is -4.63. The zero-order chi connectivity index (χ0) is 29.8. The van der Waals surface area contributed by atoms with Crippen LogP contribution in [0.25, 0.3) is 11.0 Å². The van der Waals surface area contributed by atoms with Crippen molar-refractivity contribution in [3.63, 3.8) is 0 Å². The average molecular weight is 580 g/mol. The number of aryl methyl sites for hydroxylation is 1. The second-order valence-electron chi connectivity index (χ2n) is 9.96. The molecule has 1 saturated heterocycles. The molecular formula is C30H28F3N5O4. The van der Waals surface area contributed by atoms with E-state index in [0.717, 1.165) is 31.6 Å². The van der Waals surface area contributed by atoms with Crippen LogP contribution in [0.5, 0.6) is 11.6 Å². The van der Waals surface area contributed by atoms with E-state index in [2.05, 4.69) is 19.6 Å². The first-order chi connectivity index (χ1) is 20.2. The number of piperidine rings is 1. The van der Waals surface area contributed by atoms with Crippen molar-refractivity contribution in [1.29, 1.82) is 5.26 Å². The van der Waals surface area contributed by atoms with Crippen LogP contribution in [-0.4, -0.2) is 52.2 Å². The van der Waals surface area contributed by atoms with E-state index in [1.54, 1.807) is 29.8 Å². The second-order valence-corrected chi connectivity index (χ2v) is 9.96. The molecule has 0 atom stereocenters. The number of halogens is 3. The number of hydrogen-bond acceptors (Lipinski definition) is 8. The van der Waals surface area contributed by atoms with Gasteiger partial charge in [-0.2, -0.15) is 14.0 Å². The molecule has 0 bridgehead atoms. The smallest absolute Gasteiger partial charge is 0.387 e. The Morgan fingerprint density at radius 2 is 1.93 bits per heavy atom. The van der Waals surface area contributed by atoms with Gasteiger partial charge in [0.1, 0.15) is 23.8 Å². The van der Waals surface area contributed by atoms with Gasteiger partial charge in [-0.05, 0) is 56.3 Å². The number of esters is 1. The van der Waals surface area contributed by atoms with Crippen LogP contribution in [0.2, 0.25) is 0 Å². The molecule has 0 saturated carbocycles. The topological polar surface area (TPSA) is 102 Å². The molecule has 1 fully saturated rings. The van der Waals surface area contributed by atoms with Crippen LogP contribution < -0.4 is 9.47 Å². The number of rotatable bonds is 9. The summed E-state index contributed by atoms with van der Waals surface area (Å²) in [7, 11) is 2.99. The van der Waals surface area contributed by atoms with Crippen molar-refractivity contribution in [2.24, 2.45) is 7.05 Å². The van der Waals surface area contributed by atoms with Gasteiger partial charge in [-0.3, -0.25) is 4.90 Å². The molecule has 9 nitrogen and oxygen atoms in total. The van der Waals surface area contributed by atoms with Crippen molar-refractivity contribution in [3.05, 3.63) is 82.6 Å². The quantitative estimate of drug-likeness (QED) is 0.246. The monoisotopic (exact) mass is 579 g/mol. The van der Waals surface area contributed by atoms with Gasteiger partial charge in [0.05, 0.1) is 36.4 Å². The van der Waals surface area contributed by atoms with Crippen LogP contribution in [0.4, 0.5) is 13.2 Å². The van der Waals surface area contributed by atoms with Crippen LogP contribution in [0.1, 0.15) is 51.8 Å². The van der Waals surface area contributed by atoms with E-state index in [9.17, 15) is 18.0 Å². The van der Waals surface area contributed by atoms with Gasteiger partial charge >= 0.3 is 12.6 Å². The summed E-state index contributed by atoms with van der Waals surface area (Å²) >= 11 is 0. The summed E-state index contributed by atoms with van der Waals surface area (Å²) in [5.41, 5.74) is 2.30. The highest BCUT2D eigenvalue weighted by molar-refractivity contribution is 5.96. The first-order valence-corrected chi connectivity index (χ1v) is 13.3. The summed E-state index contributed by atoms with van der Waals surface area (Å²) in [6, 6.07) is 14.5. The molecule has 0 radical (unpaired) electrons. The van der Waals surface area contributed by atoms with E-state index in [1.165, 1.54) is 25.3 Å². The predicted octanol–water partition coefficient (Wildman–Crippen LogP) is 5.33. The van der Waals surface area contributed by atoms with Gasteiger partial charge in [-0.15, -0.1) is 0 Å². The van der Waals surface area contributed by atoms with E-state index in [-0.39, 0.29) is 34.9 Å². The summed E-state index contributed by atoms with van der Waals surface area (Å²) in [5, 5.41) is 8.91. The molecule has 3 heterocycles. The summed E-state index contributed by atoms with van der Waals surface area (Å²) in [5.74, 6) is -0.103. The normalized spacial score (nSPS) is 14.2. The van der Waals surface area contributed by atoms with Crippen LogP contribution in [0, 0.1) is 17.1 Å². The van der Waals surface area contributed by atoms with Crippen molar-refractivity contribution in [2.75, 3.05) is 20.2 Å². The SMILES string of the molecule is COC(=O)c1cc(OC(F)F)c2nc(CN3CCC(c4cccc(OCc5ccc(C#N)cc5F)n4)CC3)n(C)c2c1. The molecule has 4 aromatic rings. The number of imidazole rings is 1. The number of methoxy groups -OCH3 is 1. The lowest BCUT2D eigenvalue weighted by molar-refractivity contribution is -0.0489. The molecule has 0 spiro atoms. The Kier molecular flexibility index (Phi) is 8.59. The standard InChI is InChI=1S/C30H28F3N5O4/c1-37-24-13-21(29(39)40-2)14-25(42-30(32)33)28(24)36-26(37)16-38-10-8-19(9-11-38)23-4-3-5-27(35-23)41-17-20-7-6-18(15-34)12-22(20)31/h3-7,12-14,19,30H,8-11,16-17H2,1-2H3. The zero-order valence-corrected chi connectivity index (χ0v) is 23.0. The van der Waals surface area contributed by atoms with Crippen LogP contribution >= 0.6 is 0 Å². The van der Waals surface area contributed by atoms with Gasteiger partial charge in [-0.1, -0.05) is 12.1 Å². The van der Waals surface area contributed by atoms with Crippen LogP contribution in [0.15, 0.2) is 48.5 Å². The van der Waals surface area contributed by atoms with E-state index in [4.69, 9.17) is 14.7 Å². The molecule has 2 aromatic carbocycles. The van der Waals surface area contributed by atoms with E-state index in [0.29, 0.717) is 29.3 Å². The van der Waals surface area contributed by atoms with E-state index < -0.39 is 18.4 Å². The van der Waals surface area contributed by atoms with Gasteiger partial charge in [0.25, 0.3) is 0 Å². The third-order valence-electron chi connectivity index (χ3n) is 7.36. The molecule has 0 amide bonds. The third-order valence-corrected chi connectivity index (χ3v) is 7.36. The number of hydrogen-bond donors (Lipinski definition) is 0. The van der Waals surface area contributed by atoms with Gasteiger partial charge < -0.3 is 18.8 Å². The number of ether oxygens (including phenoxy) is 3. The fourth-order valence-corrected chi connectivity index (χ4v) is 5.08. The second kappa shape index (κ2) is 12.5. The molecule has 0 N–H and O–H groups in total. The predicted molar refractivity (Wildman–Crippen MR) is 146 cm³/mol. The number of fused-ring (bicyclic) bond motifs is 1. The number of benzene rings is 2. The molecule has 5 rings (SSSR count). The summed E-state index contributed by atoms with van der Waals surface area (Å²) in [4.78, 5) is 23.5. The molecule has 0 unspecified atom stereocenters. The van der Waals surface area contributed by atoms with Crippen LogP contribution in [0.3, 0.4) is 0 Å². The summed E-state index contributed by atoms with van der Waals surface area (Å²) < 4.78 is 57.3. The Balaban J connectivity index is 1.24. The van der Waals surface area contributed by atoms with Gasteiger partial charge in [0.2, 0.25) is 5.88 Å². The van der Waals surface area contributed by atoms with Crippen molar-refractivity contribution in [2.45, 2.75) is 38.5 Å². The number of aromatic nitrogens is 3. The minimum atomic E-state index is -3.07. The molecule has 12 heteroatoms. The highest BCUT2D eigenvalue weighted by Crippen LogP contribution is 2.32. The number of likely N-dealkylation sites (tertiary alicyclic amines) is 1. The number of pyridine rings is 1. The Labute approximate surface area is 240 Å². The van der Waals surface area contributed by atoms with E-state index >= 15 is 0 Å². The maximum Gasteiger partial charge on any atom is 0.387 e. The maximum atomic E-state index is 14.2. The largest absolute Gasteiger partial charge is 0.473 e. The highest BCUT2D eigenvalue weighted by atomic mass is 19.3. The van der Waals surface area contributed by atoms with Gasteiger partial charge in [-0.25, -0.2) is 19.2 Å². The molecule has 1 aliphatic rings. The Bertz CT molecular complexity index is 1640. The van der Waals surface area contributed by atoms with Gasteiger partial charge in [0, 0.05) is 30.3 Å². The maximum absolute atomic E-state index is 14.2. The lowest BCUT2D eigenvalue weighted by Gasteiger charge is -2.31. The minimum Gasteiger partial charge on any atom is -0.473 e. The number of nitriles is 1. The molecule has 0 aliphatic carbocycles. The third kappa shape index (κ3) is 6.31. The number of carbonyl (C=O) groups is 1. The minimum absolute atomic E-state index is 0.00432. The molecule has 1 aliphatic heterocycles. The van der Waals surface area contributed by atoms with Crippen LogP contribution in [-0.2, 0) is 24.9 Å². The van der Waals surface area contributed by atoms with Crippen molar-refractivity contribution in [1.82, 2.24) is 19.4 Å². The Morgan fingerprint density at radius 3 is 2.62 bits per heavy atom. The fraction of sp³-hybridized carbons (Fsp3) is 0.333. The summed E-state index contributed by atoms with van der Waals surface area (Å²) in [6.07, 6.45) is 1.66. The summed E-state index contributed by atoms with van der Waals surface area (Å²) in [6.45, 7) is -1.09. The van der Waals surface area contributed by atoms with Crippen molar-refractivity contribution < 1.29 is 32.2 Å². The molecule has 42 heavy (non-hydrogen) atoms. The average Bonchev–Trinajstić information content (AvgIpc) is 3.31. The molecule has 2 aromatic heterocycles. The fourth-order valence-electron chi connectivity index (χ4n) is 5.08. The number of alkyl halides is 2. The molecular weight excluding hydrogens is 551 g/mol. The number of carbonyl (C=O) groups excluding carboxylic acids is 1. The zero-order valence-electron chi connectivity index (χ0n) is 23.0. The Morgan fingerprint density at radius 1 is 1.14 bits per heavy atom. The lowest BCUT2D eigenvalue weighted by atomic mass is 9.93. The highest BCUT2D eigenvalue weighted by Gasteiger charge is 2.25. The first-order valence-electron chi connectivity index (χ1n) is 13.3. The van der Waals surface area contributed by atoms with Crippen molar-refractivity contribution in [3.8, 4) is 17.7 Å². The van der Waals surface area contributed by atoms with Crippen molar-refractivity contribution >= 4 is 17.0 Å².